The lowest BCUT2D eigenvalue weighted by Crippen LogP contribution is -2.13. The molecule has 8 heteroatoms. The average Bonchev–Trinajstić information content (AvgIpc) is 3.14. The SMILES string of the molecule is N#C/C(=C\c1ccc(-c2ccc(Cl)cc2Cl)o1)C(=O)Nc1cccc(C(=O)O)c1. The fourth-order valence-corrected chi connectivity index (χ4v) is 2.99. The molecule has 2 N–H and O–H groups in total. The molecule has 0 bridgehead atoms. The van der Waals surface area contributed by atoms with Crippen molar-refractivity contribution < 1.29 is 19.1 Å². The van der Waals surface area contributed by atoms with Crippen LogP contribution in [0.25, 0.3) is 17.4 Å². The number of hydrogen-bond acceptors (Lipinski definition) is 4. The molecule has 0 saturated heterocycles. The van der Waals surface area contributed by atoms with E-state index in [0.29, 0.717) is 21.4 Å². The maximum absolute atomic E-state index is 12.4. The number of hydrogen-bond donors (Lipinski definition) is 2. The summed E-state index contributed by atoms with van der Waals surface area (Å²) in [5.41, 5.74) is 0.669. The van der Waals surface area contributed by atoms with E-state index < -0.39 is 11.9 Å². The number of anilines is 1. The maximum Gasteiger partial charge on any atom is 0.335 e. The Labute approximate surface area is 175 Å². The molecule has 0 spiro atoms. The molecule has 0 fully saturated rings. The third-order valence-electron chi connectivity index (χ3n) is 3.84. The predicted octanol–water partition coefficient (Wildman–Crippen LogP) is 5.50. The van der Waals surface area contributed by atoms with Crippen molar-refractivity contribution in [3.05, 3.63) is 81.5 Å². The second-order valence-corrected chi connectivity index (χ2v) is 6.68. The third-order valence-corrected chi connectivity index (χ3v) is 4.39. The zero-order valence-electron chi connectivity index (χ0n) is 14.6. The number of carbonyl (C=O) groups excluding carboxylic acids is 1. The van der Waals surface area contributed by atoms with Crippen LogP contribution >= 0.6 is 23.2 Å². The first-order valence-corrected chi connectivity index (χ1v) is 8.95. The zero-order chi connectivity index (χ0) is 21.0. The number of carbonyl (C=O) groups is 2. The number of halogens is 2. The van der Waals surface area contributed by atoms with Gasteiger partial charge in [-0.15, -0.1) is 0 Å². The van der Waals surface area contributed by atoms with Gasteiger partial charge in [-0.1, -0.05) is 29.3 Å². The van der Waals surface area contributed by atoms with Gasteiger partial charge in [-0.2, -0.15) is 5.26 Å². The van der Waals surface area contributed by atoms with E-state index in [0.717, 1.165) is 0 Å². The van der Waals surface area contributed by atoms with Crippen LogP contribution in [-0.4, -0.2) is 17.0 Å². The Morgan fingerprint density at radius 3 is 2.59 bits per heavy atom. The Hall–Kier alpha value is -3.53. The zero-order valence-corrected chi connectivity index (χ0v) is 16.2. The number of rotatable bonds is 5. The minimum absolute atomic E-state index is 0.0146. The first-order chi connectivity index (χ1) is 13.9. The first-order valence-electron chi connectivity index (χ1n) is 8.19. The van der Waals surface area contributed by atoms with Crippen molar-refractivity contribution in [3.8, 4) is 17.4 Å². The van der Waals surface area contributed by atoms with Gasteiger partial charge >= 0.3 is 5.97 Å². The van der Waals surface area contributed by atoms with E-state index in [9.17, 15) is 14.9 Å². The molecular formula is C21H12Cl2N2O4. The van der Waals surface area contributed by atoms with E-state index in [2.05, 4.69) is 5.32 Å². The van der Waals surface area contributed by atoms with Gasteiger partial charge in [0.15, 0.2) is 0 Å². The molecule has 0 aliphatic carbocycles. The number of nitriles is 1. The van der Waals surface area contributed by atoms with Crippen molar-refractivity contribution in [2.45, 2.75) is 0 Å². The highest BCUT2D eigenvalue weighted by Gasteiger charge is 2.13. The fraction of sp³-hybridized carbons (Fsp3) is 0. The molecule has 144 valence electrons. The molecule has 0 aliphatic heterocycles. The van der Waals surface area contributed by atoms with Crippen LogP contribution in [0.15, 0.2) is 64.6 Å². The van der Waals surface area contributed by atoms with Gasteiger partial charge in [0.1, 0.15) is 23.2 Å². The normalized spacial score (nSPS) is 11.0. The minimum atomic E-state index is -1.12. The second-order valence-electron chi connectivity index (χ2n) is 5.84. The molecule has 0 unspecified atom stereocenters. The molecule has 3 rings (SSSR count). The number of aromatic carboxylic acids is 1. The summed E-state index contributed by atoms with van der Waals surface area (Å²) < 4.78 is 5.66. The maximum atomic E-state index is 12.4. The van der Waals surface area contributed by atoms with Gasteiger partial charge in [-0.25, -0.2) is 4.79 Å². The highest BCUT2D eigenvalue weighted by Crippen LogP contribution is 2.32. The predicted molar refractivity (Wildman–Crippen MR) is 110 cm³/mol. The van der Waals surface area contributed by atoms with Gasteiger partial charge in [-0.05, 0) is 48.5 Å². The van der Waals surface area contributed by atoms with E-state index in [1.54, 1.807) is 36.4 Å². The Morgan fingerprint density at radius 2 is 1.90 bits per heavy atom. The number of carboxylic acid groups (broad SMARTS) is 1. The summed E-state index contributed by atoms with van der Waals surface area (Å²) in [7, 11) is 0. The summed E-state index contributed by atoms with van der Waals surface area (Å²) in [6.45, 7) is 0. The molecule has 29 heavy (non-hydrogen) atoms. The van der Waals surface area contributed by atoms with Crippen LogP contribution in [0.5, 0.6) is 0 Å². The van der Waals surface area contributed by atoms with Gasteiger partial charge in [-0.3, -0.25) is 4.79 Å². The number of amides is 1. The Bertz CT molecular complexity index is 1180. The molecule has 2 aromatic carbocycles. The molecular weight excluding hydrogens is 415 g/mol. The molecule has 6 nitrogen and oxygen atoms in total. The van der Waals surface area contributed by atoms with Crippen molar-refractivity contribution in [2.75, 3.05) is 5.32 Å². The van der Waals surface area contributed by atoms with Gasteiger partial charge in [0.25, 0.3) is 5.91 Å². The fourth-order valence-electron chi connectivity index (χ4n) is 2.48. The van der Waals surface area contributed by atoms with Crippen molar-refractivity contribution in [3.63, 3.8) is 0 Å². The van der Waals surface area contributed by atoms with Crippen LogP contribution in [0.3, 0.4) is 0 Å². The van der Waals surface area contributed by atoms with E-state index >= 15 is 0 Å². The summed E-state index contributed by atoms with van der Waals surface area (Å²) in [6.07, 6.45) is 1.28. The first kappa shape index (κ1) is 20.2. The highest BCUT2D eigenvalue weighted by atomic mass is 35.5. The van der Waals surface area contributed by atoms with Gasteiger partial charge in [0.2, 0.25) is 0 Å². The lowest BCUT2D eigenvalue weighted by atomic mass is 10.1. The van der Waals surface area contributed by atoms with Crippen molar-refractivity contribution in [1.29, 1.82) is 5.26 Å². The van der Waals surface area contributed by atoms with E-state index in [-0.39, 0.29) is 22.6 Å². The molecule has 3 aromatic rings. The smallest absolute Gasteiger partial charge is 0.335 e. The van der Waals surface area contributed by atoms with E-state index in [4.69, 9.17) is 32.7 Å². The van der Waals surface area contributed by atoms with E-state index in [1.165, 1.54) is 30.3 Å². The van der Waals surface area contributed by atoms with Crippen LogP contribution in [0, 0.1) is 11.3 Å². The van der Waals surface area contributed by atoms with Crippen LogP contribution < -0.4 is 5.32 Å². The molecule has 1 amide bonds. The summed E-state index contributed by atoms with van der Waals surface area (Å²) >= 11 is 12.1. The molecule has 0 atom stereocenters. The third kappa shape index (κ3) is 4.85. The van der Waals surface area contributed by atoms with Crippen LogP contribution in [0.2, 0.25) is 10.0 Å². The molecule has 1 aromatic heterocycles. The summed E-state index contributed by atoms with van der Waals surface area (Å²) in [6, 6.07) is 15.7. The van der Waals surface area contributed by atoms with Gasteiger partial charge in [0.05, 0.1) is 10.6 Å². The second kappa shape index (κ2) is 8.65. The van der Waals surface area contributed by atoms with Crippen LogP contribution in [0.1, 0.15) is 16.1 Å². The topological polar surface area (TPSA) is 103 Å². The molecule has 0 radical (unpaired) electrons. The minimum Gasteiger partial charge on any atom is -0.478 e. The Kier molecular flexibility index (Phi) is 6.03. The number of furan rings is 1. The Morgan fingerprint density at radius 1 is 1.10 bits per heavy atom. The molecule has 0 saturated carbocycles. The summed E-state index contributed by atoms with van der Waals surface area (Å²) in [4.78, 5) is 23.4. The van der Waals surface area contributed by atoms with Crippen LogP contribution in [0.4, 0.5) is 5.69 Å². The number of nitrogens with one attached hydrogen (secondary N) is 1. The number of nitrogens with zero attached hydrogens (tertiary/aromatic N) is 1. The highest BCUT2D eigenvalue weighted by molar-refractivity contribution is 6.36. The standard InChI is InChI=1S/C21H12Cl2N2O4/c22-14-4-6-17(18(23)10-14)19-7-5-16(29-19)9-13(11-24)20(26)25-15-3-1-2-12(8-15)21(27)28/h1-10H,(H,25,26)(H,27,28)/b13-9+. The van der Waals surface area contributed by atoms with Gasteiger partial charge < -0.3 is 14.8 Å². The molecule has 0 aliphatic rings. The van der Waals surface area contributed by atoms with Crippen LogP contribution in [-0.2, 0) is 4.79 Å². The van der Waals surface area contributed by atoms with Crippen molar-refractivity contribution in [1.82, 2.24) is 0 Å². The monoisotopic (exact) mass is 426 g/mol. The number of benzene rings is 2. The lowest BCUT2D eigenvalue weighted by molar-refractivity contribution is -0.112. The van der Waals surface area contributed by atoms with Gasteiger partial charge in [0, 0.05) is 22.3 Å². The summed E-state index contributed by atoms with van der Waals surface area (Å²) in [5.74, 6) is -1.10. The van der Waals surface area contributed by atoms with Crippen molar-refractivity contribution >= 4 is 46.8 Å². The molecule has 1 heterocycles. The van der Waals surface area contributed by atoms with Crippen molar-refractivity contribution in [2.24, 2.45) is 0 Å². The lowest BCUT2D eigenvalue weighted by Gasteiger charge is -2.05. The summed E-state index contributed by atoms with van der Waals surface area (Å²) in [5, 5.41) is 21.7. The largest absolute Gasteiger partial charge is 0.478 e. The average molecular weight is 427 g/mol. The number of carboxylic acids is 1. The Balaban J connectivity index is 1.82. The quantitative estimate of drug-likeness (QED) is 0.414. The van der Waals surface area contributed by atoms with E-state index in [1.807, 2.05) is 0 Å².